The molecule has 3 nitrogen and oxygen atoms in total. The van der Waals surface area contributed by atoms with Gasteiger partial charge in [0.25, 0.3) is 0 Å². The Kier molecular flexibility index (Phi) is 5.14. The Morgan fingerprint density at radius 2 is 1.50 bits per heavy atom. The molecule has 0 spiro atoms. The van der Waals surface area contributed by atoms with E-state index < -0.39 is 8.24 Å². The minimum absolute atomic E-state index is 0.581. The first-order valence-electron chi connectivity index (χ1n) is 12.4. The summed E-state index contributed by atoms with van der Waals surface area (Å²) >= 11 is 0. The van der Waals surface area contributed by atoms with E-state index in [2.05, 4.69) is 114 Å². The molecule has 0 radical (unpaired) electrons. The zero-order chi connectivity index (χ0) is 23.3. The van der Waals surface area contributed by atoms with Gasteiger partial charge in [0.2, 0.25) is 0 Å². The maximum absolute atomic E-state index is 5.39. The number of nitrogens with one attached hydrogen (secondary N) is 1. The second-order valence-corrected chi connectivity index (χ2v) is 14.7. The first kappa shape index (κ1) is 21.3. The highest BCUT2D eigenvalue weighted by Crippen LogP contribution is 2.57. The van der Waals surface area contributed by atoms with Crippen molar-refractivity contribution in [1.82, 2.24) is 0 Å². The van der Waals surface area contributed by atoms with Crippen LogP contribution in [0.25, 0.3) is 5.57 Å². The fourth-order valence-corrected chi connectivity index (χ4v) is 10.7. The van der Waals surface area contributed by atoms with Crippen molar-refractivity contribution in [3.8, 4) is 5.75 Å². The number of nitrogens with zero attached hydrogens (tertiary/aromatic N) is 1. The van der Waals surface area contributed by atoms with Gasteiger partial charge >= 0.3 is 0 Å². The summed E-state index contributed by atoms with van der Waals surface area (Å²) in [6.45, 7) is 5.16. The quantitative estimate of drug-likeness (QED) is 0.394. The topological polar surface area (TPSA) is 24.5 Å². The number of methoxy groups -OCH3 is 1. The highest BCUT2D eigenvalue weighted by atomic mass is 28.3. The SMILES string of the molecule is COc1ccc(C2=CC=C[C@@H]3C([Si](C)(C)N4c5ccccc5Nc5ccccc54)CC[C@H]23)cc1. The minimum atomic E-state index is -1.93. The second-order valence-electron chi connectivity index (χ2n) is 10.3. The summed E-state index contributed by atoms with van der Waals surface area (Å²) in [6.07, 6.45) is 9.69. The number of para-hydroxylation sites is 4. The molecule has 3 aliphatic rings. The smallest absolute Gasteiger partial charge is 0.160 e. The predicted octanol–water partition coefficient (Wildman–Crippen LogP) is 8.15. The summed E-state index contributed by atoms with van der Waals surface area (Å²) in [6, 6.07) is 26.2. The van der Waals surface area contributed by atoms with Gasteiger partial charge in [0.05, 0.1) is 29.9 Å². The number of anilines is 4. The number of rotatable bonds is 4. The van der Waals surface area contributed by atoms with E-state index in [1.807, 2.05) is 0 Å². The Labute approximate surface area is 203 Å². The van der Waals surface area contributed by atoms with Gasteiger partial charge in [-0.25, -0.2) is 0 Å². The molecule has 0 amide bonds. The number of ether oxygens (including phenoxy) is 1. The van der Waals surface area contributed by atoms with Crippen LogP contribution in [0.2, 0.25) is 18.6 Å². The molecule has 0 aromatic heterocycles. The molecule has 1 saturated carbocycles. The molecule has 172 valence electrons. The summed E-state index contributed by atoms with van der Waals surface area (Å²) < 4.78 is 8.13. The van der Waals surface area contributed by atoms with Crippen molar-refractivity contribution in [2.75, 3.05) is 17.0 Å². The summed E-state index contributed by atoms with van der Waals surface area (Å²) in [5.74, 6) is 2.09. The van der Waals surface area contributed by atoms with E-state index >= 15 is 0 Å². The van der Waals surface area contributed by atoms with E-state index in [0.29, 0.717) is 17.4 Å². The van der Waals surface area contributed by atoms with Crippen LogP contribution in [0, 0.1) is 11.8 Å². The lowest BCUT2D eigenvalue weighted by Crippen LogP contribution is -2.52. The lowest BCUT2D eigenvalue weighted by molar-refractivity contribution is 0.414. The Bertz CT molecular complexity index is 1230. The first-order chi connectivity index (χ1) is 16.6. The van der Waals surface area contributed by atoms with E-state index in [-0.39, 0.29) is 0 Å². The minimum Gasteiger partial charge on any atom is -0.497 e. The molecule has 3 aromatic carbocycles. The molecule has 1 unspecified atom stereocenters. The summed E-state index contributed by atoms with van der Waals surface area (Å²) in [4.78, 5) is 0. The van der Waals surface area contributed by atoms with Gasteiger partial charge in [-0.1, -0.05) is 67.7 Å². The number of hydrogen-bond donors (Lipinski definition) is 1. The molecule has 4 heteroatoms. The van der Waals surface area contributed by atoms with Crippen molar-refractivity contribution >= 4 is 36.6 Å². The third kappa shape index (κ3) is 3.31. The van der Waals surface area contributed by atoms with E-state index in [0.717, 1.165) is 5.75 Å². The summed E-state index contributed by atoms with van der Waals surface area (Å²) in [7, 11) is -0.200. The van der Waals surface area contributed by atoms with Crippen molar-refractivity contribution in [2.24, 2.45) is 11.8 Å². The average Bonchev–Trinajstić information content (AvgIpc) is 3.32. The maximum atomic E-state index is 5.39. The maximum Gasteiger partial charge on any atom is 0.160 e. The zero-order valence-electron chi connectivity index (χ0n) is 20.2. The van der Waals surface area contributed by atoms with Gasteiger partial charge in [-0.05, 0) is 77.8 Å². The summed E-state index contributed by atoms with van der Waals surface area (Å²) in [5, 5.41) is 3.67. The van der Waals surface area contributed by atoms with E-state index in [9.17, 15) is 0 Å². The van der Waals surface area contributed by atoms with Gasteiger partial charge in [-0.3, -0.25) is 0 Å². The Morgan fingerprint density at radius 1 is 0.853 bits per heavy atom. The van der Waals surface area contributed by atoms with E-state index in [4.69, 9.17) is 4.74 Å². The lowest BCUT2D eigenvalue weighted by atomic mass is 9.81. The van der Waals surface area contributed by atoms with Crippen LogP contribution in [-0.4, -0.2) is 15.3 Å². The highest BCUT2D eigenvalue weighted by Gasteiger charge is 2.50. The molecular formula is C30H32N2OSi. The van der Waals surface area contributed by atoms with Crippen LogP contribution in [-0.2, 0) is 0 Å². The van der Waals surface area contributed by atoms with Crippen molar-refractivity contribution < 1.29 is 4.74 Å². The van der Waals surface area contributed by atoms with E-state index in [1.165, 1.54) is 46.7 Å². The molecule has 0 saturated heterocycles. The molecule has 3 aromatic rings. The van der Waals surface area contributed by atoms with Gasteiger partial charge in [-0.15, -0.1) is 0 Å². The molecule has 1 fully saturated rings. The van der Waals surface area contributed by atoms with Gasteiger partial charge < -0.3 is 14.6 Å². The Morgan fingerprint density at radius 3 is 2.15 bits per heavy atom. The average molecular weight is 465 g/mol. The third-order valence-electron chi connectivity index (χ3n) is 8.19. The third-order valence-corrected chi connectivity index (χ3v) is 12.3. The molecular weight excluding hydrogens is 432 g/mol. The molecule has 0 bridgehead atoms. The van der Waals surface area contributed by atoms with Crippen molar-refractivity contribution in [3.05, 3.63) is 96.6 Å². The zero-order valence-corrected chi connectivity index (χ0v) is 21.2. The van der Waals surface area contributed by atoms with Crippen LogP contribution in [0.15, 0.2) is 91.0 Å². The van der Waals surface area contributed by atoms with Crippen LogP contribution in [0.4, 0.5) is 22.7 Å². The predicted molar refractivity (Wildman–Crippen MR) is 146 cm³/mol. The van der Waals surface area contributed by atoms with E-state index in [1.54, 1.807) is 7.11 Å². The van der Waals surface area contributed by atoms with Crippen molar-refractivity contribution in [1.29, 1.82) is 0 Å². The van der Waals surface area contributed by atoms with Crippen LogP contribution >= 0.6 is 0 Å². The van der Waals surface area contributed by atoms with Gasteiger partial charge in [0.15, 0.2) is 8.24 Å². The van der Waals surface area contributed by atoms with Crippen molar-refractivity contribution in [3.63, 3.8) is 0 Å². The monoisotopic (exact) mass is 464 g/mol. The molecule has 1 heterocycles. The van der Waals surface area contributed by atoms with Crippen LogP contribution in [0.5, 0.6) is 5.75 Å². The largest absolute Gasteiger partial charge is 0.497 e. The molecule has 3 atom stereocenters. The van der Waals surface area contributed by atoms with Gasteiger partial charge in [0, 0.05) is 0 Å². The van der Waals surface area contributed by atoms with Crippen molar-refractivity contribution in [2.45, 2.75) is 31.5 Å². The number of hydrogen-bond acceptors (Lipinski definition) is 3. The van der Waals surface area contributed by atoms with Gasteiger partial charge in [0.1, 0.15) is 5.75 Å². The lowest BCUT2D eigenvalue weighted by Gasteiger charge is -2.48. The molecule has 6 rings (SSSR count). The first-order valence-corrected chi connectivity index (χ1v) is 15.4. The fraction of sp³-hybridized carbons (Fsp3) is 0.267. The Balaban J connectivity index is 1.37. The summed E-state index contributed by atoms with van der Waals surface area (Å²) in [5.41, 5.74) is 8.58. The second kappa shape index (κ2) is 8.21. The highest BCUT2D eigenvalue weighted by molar-refractivity contribution is 6.84. The van der Waals surface area contributed by atoms with Crippen LogP contribution in [0.3, 0.4) is 0 Å². The molecule has 34 heavy (non-hydrogen) atoms. The van der Waals surface area contributed by atoms with Crippen LogP contribution < -0.4 is 14.6 Å². The number of fused-ring (bicyclic) bond motifs is 3. The van der Waals surface area contributed by atoms with Gasteiger partial charge in [-0.2, -0.15) is 0 Å². The Hall–Kier alpha value is -3.24. The molecule has 2 aliphatic carbocycles. The number of allylic oxidation sites excluding steroid dienone is 4. The van der Waals surface area contributed by atoms with Crippen LogP contribution in [0.1, 0.15) is 18.4 Å². The molecule has 1 N–H and O–H groups in total. The standard InChI is InChI=1S/C30H32N2OSi/c1-33-22-17-15-21(16-18-22)23-9-8-10-25-24(23)19-20-30(25)34(2,3)32-28-13-6-4-11-26(28)31-27-12-5-7-14-29(27)32/h4-18,24-25,30-31H,19-20H2,1-3H3/t24-,25+,30?/m1/s1. The number of benzene rings is 3. The molecule has 1 aliphatic heterocycles. The normalized spacial score (nSPS) is 22.9. The fourth-order valence-electron chi connectivity index (χ4n) is 6.59.